The van der Waals surface area contributed by atoms with Gasteiger partial charge in [0.2, 0.25) is 5.91 Å². The molecule has 0 heterocycles. The zero-order valence-electron chi connectivity index (χ0n) is 13.1. The van der Waals surface area contributed by atoms with Crippen molar-refractivity contribution < 1.29 is 13.9 Å². The van der Waals surface area contributed by atoms with Crippen LogP contribution in [-0.2, 0) is 17.8 Å². The second kappa shape index (κ2) is 8.29. The molecule has 0 aromatic heterocycles. The van der Waals surface area contributed by atoms with Crippen molar-refractivity contribution in [2.45, 2.75) is 26.0 Å². The highest BCUT2D eigenvalue weighted by Crippen LogP contribution is 2.15. The van der Waals surface area contributed by atoms with Crippen LogP contribution in [0.15, 0.2) is 48.5 Å². The molecule has 1 atom stereocenters. The number of hydrogen-bond donors (Lipinski definition) is 2. The summed E-state index contributed by atoms with van der Waals surface area (Å²) in [5.74, 6) is 0.0659. The van der Waals surface area contributed by atoms with Crippen LogP contribution in [0.4, 0.5) is 4.39 Å². The first-order chi connectivity index (χ1) is 11.1. The average Bonchev–Trinajstić information content (AvgIpc) is 2.55. The highest BCUT2D eigenvalue weighted by Gasteiger charge is 2.06. The van der Waals surface area contributed by atoms with Gasteiger partial charge in [-0.15, -0.1) is 0 Å². The molecule has 0 aliphatic carbocycles. The first-order valence-corrected chi connectivity index (χ1v) is 7.54. The van der Waals surface area contributed by atoms with Gasteiger partial charge in [0.15, 0.2) is 0 Å². The smallest absolute Gasteiger partial charge is 0.234 e. The van der Waals surface area contributed by atoms with E-state index >= 15 is 0 Å². The van der Waals surface area contributed by atoms with Gasteiger partial charge < -0.3 is 15.8 Å². The molecular formula is C18H21FN2O2. The van der Waals surface area contributed by atoms with Crippen molar-refractivity contribution in [3.63, 3.8) is 0 Å². The third kappa shape index (κ3) is 5.38. The molecule has 1 amide bonds. The molecule has 1 unspecified atom stereocenters. The molecule has 2 aromatic carbocycles. The second-order valence-electron chi connectivity index (χ2n) is 5.35. The van der Waals surface area contributed by atoms with E-state index in [0.717, 1.165) is 12.0 Å². The van der Waals surface area contributed by atoms with E-state index in [4.69, 9.17) is 10.5 Å². The lowest BCUT2D eigenvalue weighted by Crippen LogP contribution is -2.39. The van der Waals surface area contributed by atoms with Gasteiger partial charge in [-0.2, -0.15) is 0 Å². The quantitative estimate of drug-likeness (QED) is 0.786. The summed E-state index contributed by atoms with van der Waals surface area (Å²) in [6.45, 7) is 2.60. The van der Waals surface area contributed by atoms with Crippen molar-refractivity contribution in [3.8, 4) is 5.75 Å². The molecule has 2 rings (SSSR count). The summed E-state index contributed by atoms with van der Waals surface area (Å²) < 4.78 is 19.1. The normalized spacial score (nSPS) is 11.9. The van der Waals surface area contributed by atoms with Crippen LogP contribution in [-0.4, -0.2) is 18.5 Å². The van der Waals surface area contributed by atoms with Crippen LogP contribution in [0.1, 0.15) is 18.1 Å². The minimum absolute atomic E-state index is 0.198. The van der Waals surface area contributed by atoms with E-state index in [0.29, 0.717) is 17.9 Å². The predicted molar refractivity (Wildman–Crippen MR) is 87.5 cm³/mol. The molecule has 0 radical (unpaired) electrons. The summed E-state index contributed by atoms with van der Waals surface area (Å²) >= 11 is 0. The van der Waals surface area contributed by atoms with Gasteiger partial charge in [-0.3, -0.25) is 4.79 Å². The van der Waals surface area contributed by atoms with Crippen LogP contribution in [0.5, 0.6) is 5.75 Å². The second-order valence-corrected chi connectivity index (χ2v) is 5.35. The number of benzene rings is 2. The highest BCUT2D eigenvalue weighted by molar-refractivity contribution is 5.79. The Morgan fingerprint density at radius 3 is 2.57 bits per heavy atom. The fraction of sp³-hybridized carbons (Fsp3) is 0.278. The molecule has 0 aliphatic rings. The largest absolute Gasteiger partial charge is 0.489 e. The van der Waals surface area contributed by atoms with Gasteiger partial charge in [0.1, 0.15) is 18.2 Å². The molecule has 2 aromatic rings. The van der Waals surface area contributed by atoms with Crippen LogP contribution in [0.25, 0.3) is 0 Å². The van der Waals surface area contributed by atoms with E-state index in [1.165, 1.54) is 6.07 Å². The van der Waals surface area contributed by atoms with E-state index in [9.17, 15) is 9.18 Å². The van der Waals surface area contributed by atoms with Crippen molar-refractivity contribution in [2.75, 3.05) is 6.54 Å². The number of hydrogen-bond acceptors (Lipinski definition) is 3. The minimum Gasteiger partial charge on any atom is -0.489 e. The Morgan fingerprint density at radius 1 is 1.22 bits per heavy atom. The summed E-state index contributed by atoms with van der Waals surface area (Å²) in [6.07, 6.45) is 0.783. The Bertz CT molecular complexity index is 644. The van der Waals surface area contributed by atoms with E-state index in [1.54, 1.807) is 25.1 Å². The van der Waals surface area contributed by atoms with Gasteiger partial charge in [0.25, 0.3) is 0 Å². The molecular weight excluding hydrogens is 295 g/mol. The standard InChI is InChI=1S/C18H21FN2O2/c1-13(18(20)22)21-11-10-14-6-8-16(9-7-14)23-12-15-4-2-3-5-17(15)19/h2-9,13,21H,10-12H2,1H3,(H2,20,22). The van der Waals surface area contributed by atoms with Crippen LogP contribution >= 0.6 is 0 Å². The van der Waals surface area contributed by atoms with Crippen LogP contribution in [0.2, 0.25) is 0 Å². The lowest BCUT2D eigenvalue weighted by molar-refractivity contribution is -0.119. The number of halogens is 1. The molecule has 0 fully saturated rings. The summed E-state index contributed by atoms with van der Waals surface area (Å²) in [5.41, 5.74) is 6.83. The number of nitrogens with one attached hydrogen (secondary N) is 1. The molecule has 0 saturated carbocycles. The van der Waals surface area contributed by atoms with Crippen molar-refractivity contribution in [1.29, 1.82) is 0 Å². The maximum Gasteiger partial charge on any atom is 0.234 e. The Kier molecular flexibility index (Phi) is 6.11. The van der Waals surface area contributed by atoms with Gasteiger partial charge in [-0.25, -0.2) is 4.39 Å². The van der Waals surface area contributed by atoms with Gasteiger partial charge in [0, 0.05) is 5.56 Å². The number of amides is 1. The molecule has 0 spiro atoms. The molecule has 122 valence electrons. The fourth-order valence-electron chi connectivity index (χ4n) is 2.06. The van der Waals surface area contributed by atoms with Crippen molar-refractivity contribution in [2.24, 2.45) is 5.73 Å². The lowest BCUT2D eigenvalue weighted by atomic mass is 10.1. The summed E-state index contributed by atoms with van der Waals surface area (Å²) in [7, 11) is 0. The van der Waals surface area contributed by atoms with E-state index < -0.39 is 0 Å². The Morgan fingerprint density at radius 2 is 1.91 bits per heavy atom. The van der Waals surface area contributed by atoms with Crippen molar-refractivity contribution >= 4 is 5.91 Å². The van der Waals surface area contributed by atoms with Crippen LogP contribution in [0, 0.1) is 5.82 Å². The van der Waals surface area contributed by atoms with Gasteiger partial charge >= 0.3 is 0 Å². The molecule has 4 nitrogen and oxygen atoms in total. The number of rotatable bonds is 8. The van der Waals surface area contributed by atoms with Crippen LogP contribution < -0.4 is 15.8 Å². The molecule has 0 saturated heterocycles. The average molecular weight is 316 g/mol. The first kappa shape index (κ1) is 17.0. The number of carbonyl (C=O) groups is 1. The van der Waals surface area contributed by atoms with Crippen molar-refractivity contribution in [3.05, 3.63) is 65.5 Å². The molecule has 23 heavy (non-hydrogen) atoms. The molecule has 0 aliphatic heterocycles. The Balaban J connectivity index is 1.80. The van der Waals surface area contributed by atoms with Gasteiger partial charge in [0.05, 0.1) is 6.04 Å². The van der Waals surface area contributed by atoms with Gasteiger partial charge in [-0.05, 0) is 43.7 Å². The number of primary amides is 1. The number of carbonyl (C=O) groups excluding carboxylic acids is 1. The Hall–Kier alpha value is -2.40. The summed E-state index contributed by atoms with van der Waals surface area (Å²) in [5, 5.41) is 3.05. The number of ether oxygens (including phenoxy) is 1. The van der Waals surface area contributed by atoms with E-state index in [-0.39, 0.29) is 24.4 Å². The van der Waals surface area contributed by atoms with Crippen LogP contribution in [0.3, 0.4) is 0 Å². The Labute approximate surface area is 135 Å². The first-order valence-electron chi connectivity index (χ1n) is 7.54. The van der Waals surface area contributed by atoms with E-state index in [2.05, 4.69) is 5.32 Å². The maximum atomic E-state index is 13.5. The predicted octanol–water partition coefficient (Wildman–Crippen LogP) is 2.41. The third-order valence-corrected chi connectivity index (χ3v) is 3.57. The molecule has 3 N–H and O–H groups in total. The topological polar surface area (TPSA) is 64.3 Å². The minimum atomic E-state index is -0.359. The number of nitrogens with two attached hydrogens (primary N) is 1. The molecule has 0 bridgehead atoms. The highest BCUT2D eigenvalue weighted by atomic mass is 19.1. The third-order valence-electron chi connectivity index (χ3n) is 3.57. The summed E-state index contributed by atoms with van der Waals surface area (Å²) in [4.78, 5) is 10.9. The SMILES string of the molecule is CC(NCCc1ccc(OCc2ccccc2F)cc1)C(N)=O. The fourth-order valence-corrected chi connectivity index (χ4v) is 2.06. The zero-order chi connectivity index (χ0) is 16.7. The lowest BCUT2D eigenvalue weighted by Gasteiger charge is -2.10. The molecule has 5 heteroatoms. The van der Waals surface area contributed by atoms with Crippen molar-refractivity contribution in [1.82, 2.24) is 5.32 Å². The zero-order valence-corrected chi connectivity index (χ0v) is 13.1. The monoisotopic (exact) mass is 316 g/mol. The van der Waals surface area contributed by atoms with E-state index in [1.807, 2.05) is 24.3 Å². The maximum absolute atomic E-state index is 13.5. The summed E-state index contributed by atoms with van der Waals surface area (Å²) in [6, 6.07) is 13.8. The van der Waals surface area contributed by atoms with Gasteiger partial charge in [-0.1, -0.05) is 30.3 Å².